The van der Waals surface area contributed by atoms with Crippen molar-refractivity contribution in [3.63, 3.8) is 0 Å². The summed E-state index contributed by atoms with van der Waals surface area (Å²) in [6.07, 6.45) is 20.1. The van der Waals surface area contributed by atoms with E-state index in [0.29, 0.717) is 0 Å². The van der Waals surface area contributed by atoms with Gasteiger partial charge in [-0.1, -0.05) is 77.4 Å². The van der Waals surface area contributed by atoms with Gasteiger partial charge in [-0.2, -0.15) is 0 Å². The molecular formula is C19H37N. The smallest absolute Gasteiger partial charge is 0.0134 e. The van der Waals surface area contributed by atoms with Crippen LogP contribution < -0.4 is 5.32 Å². The molecule has 1 N–H and O–H groups in total. The molecular weight excluding hydrogens is 242 g/mol. The minimum absolute atomic E-state index is 0.727. The zero-order valence-electron chi connectivity index (χ0n) is 14.4. The maximum absolute atomic E-state index is 3.48. The largest absolute Gasteiger partial charge is 0.365 e. The van der Waals surface area contributed by atoms with Crippen molar-refractivity contribution < 1.29 is 0 Å². The standard InChI is InChI=1S/C19H37N/c1-5-9-11-13-15-18(16-14-12-10-6-2)19(8-4)20-17-7-3/h7-8,17-18,20H,5-6,9-16H2,1-4H3/b17-7-,19-8-. The van der Waals surface area contributed by atoms with Gasteiger partial charge in [0, 0.05) is 5.70 Å². The van der Waals surface area contributed by atoms with Gasteiger partial charge in [-0.25, -0.2) is 0 Å². The zero-order valence-corrected chi connectivity index (χ0v) is 14.4. The van der Waals surface area contributed by atoms with E-state index < -0.39 is 0 Å². The molecule has 0 amide bonds. The van der Waals surface area contributed by atoms with E-state index in [1.807, 2.05) is 0 Å². The predicted octanol–water partition coefficient (Wildman–Crippen LogP) is 6.57. The summed E-state index contributed by atoms with van der Waals surface area (Å²) in [6, 6.07) is 0. The lowest BCUT2D eigenvalue weighted by atomic mass is 9.91. The monoisotopic (exact) mass is 279 g/mol. The first-order valence-electron chi connectivity index (χ1n) is 8.83. The number of allylic oxidation sites excluding steroid dienone is 3. The van der Waals surface area contributed by atoms with Gasteiger partial charge < -0.3 is 5.32 Å². The molecule has 0 unspecified atom stereocenters. The van der Waals surface area contributed by atoms with Gasteiger partial charge in [0.2, 0.25) is 0 Å². The Morgan fingerprint density at radius 3 is 1.80 bits per heavy atom. The number of unbranched alkanes of at least 4 members (excludes halogenated alkanes) is 6. The van der Waals surface area contributed by atoms with Crippen LogP contribution in [0, 0.1) is 5.92 Å². The third kappa shape index (κ3) is 10.1. The molecule has 0 aliphatic rings. The van der Waals surface area contributed by atoms with Gasteiger partial charge in [0.1, 0.15) is 0 Å². The normalized spacial score (nSPS) is 12.6. The molecule has 0 radical (unpaired) electrons. The fourth-order valence-corrected chi connectivity index (χ4v) is 2.71. The van der Waals surface area contributed by atoms with Crippen LogP contribution in [0.4, 0.5) is 0 Å². The highest BCUT2D eigenvalue weighted by Gasteiger charge is 2.12. The summed E-state index contributed by atoms with van der Waals surface area (Å²) >= 11 is 0. The predicted molar refractivity (Wildman–Crippen MR) is 92.7 cm³/mol. The van der Waals surface area contributed by atoms with E-state index in [9.17, 15) is 0 Å². The lowest BCUT2D eigenvalue weighted by Crippen LogP contribution is -2.16. The van der Waals surface area contributed by atoms with Crippen molar-refractivity contribution in [2.24, 2.45) is 5.92 Å². The van der Waals surface area contributed by atoms with Crippen molar-refractivity contribution in [2.45, 2.75) is 91.9 Å². The van der Waals surface area contributed by atoms with E-state index in [1.165, 1.54) is 69.9 Å². The second-order valence-corrected chi connectivity index (χ2v) is 5.78. The van der Waals surface area contributed by atoms with E-state index >= 15 is 0 Å². The van der Waals surface area contributed by atoms with Crippen LogP contribution in [0.25, 0.3) is 0 Å². The Morgan fingerprint density at radius 2 is 1.40 bits per heavy atom. The van der Waals surface area contributed by atoms with Crippen LogP contribution >= 0.6 is 0 Å². The van der Waals surface area contributed by atoms with E-state index in [4.69, 9.17) is 0 Å². The second-order valence-electron chi connectivity index (χ2n) is 5.78. The summed E-state index contributed by atoms with van der Waals surface area (Å²) in [5.74, 6) is 0.727. The van der Waals surface area contributed by atoms with Crippen LogP contribution in [0.1, 0.15) is 91.9 Å². The molecule has 0 spiro atoms. The molecule has 1 nitrogen and oxygen atoms in total. The molecule has 0 saturated heterocycles. The Balaban J connectivity index is 4.26. The summed E-state index contributed by atoms with van der Waals surface area (Å²) in [4.78, 5) is 0. The number of hydrogen-bond acceptors (Lipinski definition) is 1. The summed E-state index contributed by atoms with van der Waals surface area (Å²) in [7, 11) is 0. The molecule has 118 valence electrons. The molecule has 0 aromatic heterocycles. The van der Waals surface area contributed by atoms with Crippen molar-refractivity contribution in [3.05, 3.63) is 24.0 Å². The van der Waals surface area contributed by atoms with Crippen LogP contribution in [0.2, 0.25) is 0 Å². The van der Waals surface area contributed by atoms with Crippen LogP contribution in [0.15, 0.2) is 24.0 Å². The quantitative estimate of drug-likeness (QED) is 0.376. The molecule has 0 aromatic rings. The molecule has 20 heavy (non-hydrogen) atoms. The summed E-state index contributed by atoms with van der Waals surface area (Å²) in [6.45, 7) is 8.80. The van der Waals surface area contributed by atoms with E-state index in [2.05, 4.69) is 51.4 Å². The highest BCUT2D eigenvalue weighted by molar-refractivity contribution is 5.06. The molecule has 0 bridgehead atoms. The maximum Gasteiger partial charge on any atom is 0.0134 e. The molecule has 0 atom stereocenters. The molecule has 0 aromatic carbocycles. The van der Waals surface area contributed by atoms with E-state index in [1.54, 1.807) is 0 Å². The van der Waals surface area contributed by atoms with Crippen molar-refractivity contribution in [2.75, 3.05) is 0 Å². The lowest BCUT2D eigenvalue weighted by Gasteiger charge is -2.20. The van der Waals surface area contributed by atoms with Crippen LogP contribution in [-0.2, 0) is 0 Å². The molecule has 0 heterocycles. The highest BCUT2D eigenvalue weighted by Crippen LogP contribution is 2.24. The van der Waals surface area contributed by atoms with Crippen molar-refractivity contribution in [1.29, 1.82) is 0 Å². The first-order chi connectivity index (χ1) is 9.79. The Kier molecular flexibility index (Phi) is 14.2. The third-order valence-electron chi connectivity index (χ3n) is 3.98. The SMILES string of the molecule is C/C=C\N/C(=C\C)C(CCCCCC)CCCCCC. The average molecular weight is 280 g/mol. The van der Waals surface area contributed by atoms with E-state index in [0.717, 1.165) is 5.92 Å². The van der Waals surface area contributed by atoms with Gasteiger partial charge in [-0.3, -0.25) is 0 Å². The van der Waals surface area contributed by atoms with Gasteiger partial charge in [0.15, 0.2) is 0 Å². The summed E-state index contributed by atoms with van der Waals surface area (Å²) < 4.78 is 0. The number of rotatable bonds is 13. The van der Waals surface area contributed by atoms with Crippen LogP contribution in [0.3, 0.4) is 0 Å². The Hall–Kier alpha value is -0.720. The minimum Gasteiger partial charge on any atom is -0.365 e. The second kappa shape index (κ2) is 14.7. The van der Waals surface area contributed by atoms with Crippen molar-refractivity contribution in [1.82, 2.24) is 5.32 Å². The number of hydrogen-bond donors (Lipinski definition) is 1. The van der Waals surface area contributed by atoms with Gasteiger partial charge in [-0.05, 0) is 38.8 Å². The zero-order chi connectivity index (χ0) is 15.1. The number of nitrogens with one attached hydrogen (secondary N) is 1. The Morgan fingerprint density at radius 1 is 0.850 bits per heavy atom. The summed E-state index contributed by atoms with van der Waals surface area (Å²) in [5, 5.41) is 3.48. The fourth-order valence-electron chi connectivity index (χ4n) is 2.71. The van der Waals surface area contributed by atoms with Crippen molar-refractivity contribution in [3.8, 4) is 0 Å². The van der Waals surface area contributed by atoms with Gasteiger partial charge in [0.25, 0.3) is 0 Å². The molecule has 1 heteroatoms. The van der Waals surface area contributed by atoms with Crippen LogP contribution in [0.5, 0.6) is 0 Å². The molecule has 0 fully saturated rings. The van der Waals surface area contributed by atoms with Gasteiger partial charge in [0.05, 0.1) is 0 Å². The minimum atomic E-state index is 0.727. The maximum atomic E-state index is 3.48. The first kappa shape index (κ1) is 19.3. The van der Waals surface area contributed by atoms with Gasteiger partial charge in [-0.15, -0.1) is 0 Å². The third-order valence-corrected chi connectivity index (χ3v) is 3.98. The molecule has 0 rings (SSSR count). The van der Waals surface area contributed by atoms with Crippen molar-refractivity contribution >= 4 is 0 Å². The first-order valence-corrected chi connectivity index (χ1v) is 8.83. The van der Waals surface area contributed by atoms with E-state index in [-0.39, 0.29) is 0 Å². The Labute approximate surface area is 127 Å². The average Bonchev–Trinajstić information content (AvgIpc) is 2.47. The topological polar surface area (TPSA) is 12.0 Å². The molecule has 0 aliphatic carbocycles. The summed E-state index contributed by atoms with van der Waals surface area (Å²) in [5.41, 5.74) is 1.43. The fraction of sp³-hybridized carbons (Fsp3) is 0.789. The molecule has 0 saturated carbocycles. The van der Waals surface area contributed by atoms with Gasteiger partial charge >= 0.3 is 0 Å². The van der Waals surface area contributed by atoms with Crippen LogP contribution in [-0.4, -0.2) is 0 Å². The Bertz CT molecular complexity index is 240. The molecule has 0 aliphatic heterocycles. The lowest BCUT2D eigenvalue weighted by molar-refractivity contribution is 0.442. The highest BCUT2D eigenvalue weighted by atomic mass is 14.9.